The zero-order chi connectivity index (χ0) is 14.0. The Morgan fingerprint density at radius 1 is 1.37 bits per heavy atom. The molecule has 0 aliphatic carbocycles. The number of anilines is 1. The lowest BCUT2D eigenvalue weighted by molar-refractivity contribution is -0.137. The summed E-state index contributed by atoms with van der Waals surface area (Å²) in [5.41, 5.74) is 4.64. The van der Waals surface area contributed by atoms with Crippen molar-refractivity contribution < 1.29 is 13.2 Å². The number of benzene rings is 1. The van der Waals surface area contributed by atoms with Gasteiger partial charge in [0, 0.05) is 17.5 Å². The summed E-state index contributed by atoms with van der Waals surface area (Å²) >= 11 is 1.23. The van der Waals surface area contributed by atoms with Gasteiger partial charge >= 0.3 is 6.18 Å². The second kappa shape index (κ2) is 4.90. The second-order valence-electron chi connectivity index (χ2n) is 3.83. The van der Waals surface area contributed by atoms with Crippen molar-refractivity contribution in [2.75, 3.05) is 5.73 Å². The summed E-state index contributed by atoms with van der Waals surface area (Å²) < 4.78 is 38.3. The van der Waals surface area contributed by atoms with E-state index in [1.165, 1.54) is 29.7 Å². The van der Waals surface area contributed by atoms with Crippen LogP contribution in [0.5, 0.6) is 0 Å². The Labute approximate surface area is 111 Å². The minimum atomic E-state index is -4.53. The van der Waals surface area contributed by atoms with Crippen molar-refractivity contribution in [1.82, 2.24) is 4.98 Å². The molecule has 0 saturated carbocycles. The third kappa shape index (κ3) is 3.03. The zero-order valence-electron chi connectivity index (χ0n) is 9.53. The molecule has 0 radical (unpaired) electrons. The molecule has 0 fully saturated rings. The number of thiazole rings is 1. The number of nitrogens with zero attached hydrogens (tertiary/aromatic N) is 2. The molecule has 1 heterocycles. The molecule has 3 nitrogen and oxygen atoms in total. The van der Waals surface area contributed by atoms with Gasteiger partial charge in [0.25, 0.3) is 0 Å². The number of hydrogen-bond acceptors (Lipinski definition) is 4. The molecule has 0 amide bonds. The molecular formula is C12H8F3N3S. The first-order valence-corrected chi connectivity index (χ1v) is 6.02. The van der Waals surface area contributed by atoms with Crippen LogP contribution in [0.3, 0.4) is 0 Å². The Kier molecular flexibility index (Phi) is 3.44. The highest BCUT2D eigenvalue weighted by Crippen LogP contribution is 2.33. The number of nitrogens with two attached hydrogens (primary N) is 1. The minimum Gasteiger partial charge on any atom is -0.375 e. The smallest absolute Gasteiger partial charge is 0.375 e. The quantitative estimate of drug-likeness (QED) is 0.920. The van der Waals surface area contributed by atoms with E-state index in [-0.39, 0.29) is 5.56 Å². The van der Waals surface area contributed by atoms with Crippen molar-refractivity contribution in [2.45, 2.75) is 12.6 Å². The molecule has 2 rings (SSSR count). The van der Waals surface area contributed by atoms with Crippen LogP contribution < -0.4 is 5.73 Å². The van der Waals surface area contributed by atoms with E-state index in [1.54, 1.807) is 6.07 Å². The number of nitrogen functional groups attached to an aromatic ring is 1. The maximum atomic E-state index is 12.8. The van der Waals surface area contributed by atoms with Crippen molar-refractivity contribution in [2.24, 2.45) is 0 Å². The highest BCUT2D eigenvalue weighted by atomic mass is 32.1. The van der Waals surface area contributed by atoms with Gasteiger partial charge in [-0.15, -0.1) is 11.3 Å². The van der Waals surface area contributed by atoms with Gasteiger partial charge in [-0.25, -0.2) is 4.98 Å². The maximum Gasteiger partial charge on any atom is 0.417 e. The van der Waals surface area contributed by atoms with Crippen LogP contribution in [0.1, 0.15) is 21.6 Å². The molecule has 1 aromatic carbocycles. The fourth-order valence-corrected chi connectivity index (χ4v) is 2.36. The second-order valence-corrected chi connectivity index (χ2v) is 4.98. The van der Waals surface area contributed by atoms with Crippen molar-refractivity contribution in [3.63, 3.8) is 0 Å². The van der Waals surface area contributed by atoms with Crippen molar-refractivity contribution in [1.29, 1.82) is 5.26 Å². The summed E-state index contributed by atoms with van der Waals surface area (Å²) in [5, 5.41) is 9.07. The van der Waals surface area contributed by atoms with E-state index in [0.29, 0.717) is 17.1 Å². The fraction of sp³-hybridized carbons (Fsp3) is 0.167. The van der Waals surface area contributed by atoms with Crippen LogP contribution in [0.2, 0.25) is 0 Å². The SMILES string of the molecule is N#Cc1ccc(Cc2cnc(N)s2)cc1C(F)(F)F. The first-order valence-electron chi connectivity index (χ1n) is 5.20. The molecule has 0 spiro atoms. The maximum absolute atomic E-state index is 12.8. The molecule has 0 bridgehead atoms. The van der Waals surface area contributed by atoms with E-state index in [1.807, 2.05) is 0 Å². The molecule has 0 aliphatic heterocycles. The Morgan fingerprint density at radius 3 is 2.63 bits per heavy atom. The molecule has 98 valence electrons. The summed E-state index contributed by atoms with van der Waals surface area (Å²) in [6.45, 7) is 0. The summed E-state index contributed by atoms with van der Waals surface area (Å²) in [6, 6.07) is 5.23. The lowest BCUT2D eigenvalue weighted by Crippen LogP contribution is -2.08. The number of hydrogen-bond donors (Lipinski definition) is 1. The average Bonchev–Trinajstić information content (AvgIpc) is 2.73. The molecule has 2 aromatic rings. The highest BCUT2D eigenvalue weighted by molar-refractivity contribution is 7.15. The number of halogens is 3. The molecule has 0 aliphatic rings. The fourth-order valence-electron chi connectivity index (χ4n) is 1.64. The number of alkyl halides is 3. The lowest BCUT2D eigenvalue weighted by atomic mass is 10.0. The van der Waals surface area contributed by atoms with Gasteiger partial charge < -0.3 is 5.73 Å². The van der Waals surface area contributed by atoms with Crippen LogP contribution in [0.25, 0.3) is 0 Å². The number of rotatable bonds is 2. The largest absolute Gasteiger partial charge is 0.417 e. The van der Waals surface area contributed by atoms with E-state index in [9.17, 15) is 13.2 Å². The number of nitriles is 1. The lowest BCUT2D eigenvalue weighted by Gasteiger charge is -2.10. The molecule has 7 heteroatoms. The minimum absolute atomic E-state index is 0.309. The first-order chi connectivity index (χ1) is 8.90. The van der Waals surface area contributed by atoms with Gasteiger partial charge in [0.1, 0.15) is 0 Å². The van der Waals surface area contributed by atoms with Crippen molar-refractivity contribution >= 4 is 16.5 Å². The molecule has 0 unspecified atom stereocenters. The molecule has 1 aromatic heterocycles. The average molecular weight is 283 g/mol. The van der Waals surface area contributed by atoms with Gasteiger partial charge in [0.05, 0.1) is 17.2 Å². The van der Waals surface area contributed by atoms with E-state index in [2.05, 4.69) is 4.98 Å². The van der Waals surface area contributed by atoms with Gasteiger partial charge in [-0.3, -0.25) is 0 Å². The van der Waals surface area contributed by atoms with Crippen LogP contribution in [0, 0.1) is 11.3 Å². The third-order valence-corrected chi connectivity index (χ3v) is 3.29. The topological polar surface area (TPSA) is 62.7 Å². The Bertz CT molecular complexity index is 640. The summed E-state index contributed by atoms with van der Waals surface area (Å²) in [7, 11) is 0. The molecule has 0 saturated heterocycles. The number of aromatic nitrogens is 1. The zero-order valence-corrected chi connectivity index (χ0v) is 10.3. The predicted octanol–water partition coefficient (Wildman–Crippen LogP) is 3.21. The highest BCUT2D eigenvalue weighted by Gasteiger charge is 2.33. The van der Waals surface area contributed by atoms with Gasteiger partial charge in [-0.05, 0) is 17.7 Å². The van der Waals surface area contributed by atoms with E-state index >= 15 is 0 Å². The van der Waals surface area contributed by atoms with Crippen LogP contribution >= 0.6 is 11.3 Å². The monoisotopic (exact) mass is 283 g/mol. The Hall–Kier alpha value is -2.07. The standard InChI is InChI=1S/C12H8F3N3S/c13-12(14,15)10-4-7(1-2-8(10)5-16)3-9-6-18-11(17)19-9/h1-2,4,6H,3H2,(H2,17,18). The van der Waals surface area contributed by atoms with Crippen LogP contribution in [-0.2, 0) is 12.6 Å². The van der Waals surface area contributed by atoms with Crippen LogP contribution in [-0.4, -0.2) is 4.98 Å². The molecule has 19 heavy (non-hydrogen) atoms. The van der Waals surface area contributed by atoms with Crippen LogP contribution in [0.4, 0.5) is 18.3 Å². The van der Waals surface area contributed by atoms with Gasteiger partial charge in [-0.2, -0.15) is 18.4 Å². The Balaban J connectivity index is 2.36. The van der Waals surface area contributed by atoms with E-state index in [4.69, 9.17) is 11.0 Å². The van der Waals surface area contributed by atoms with Gasteiger partial charge in [0.2, 0.25) is 0 Å². The molecule has 2 N–H and O–H groups in total. The van der Waals surface area contributed by atoms with Crippen molar-refractivity contribution in [3.05, 3.63) is 46.0 Å². The molecule has 0 atom stereocenters. The Morgan fingerprint density at radius 2 is 2.11 bits per heavy atom. The van der Waals surface area contributed by atoms with E-state index in [0.717, 1.165) is 10.9 Å². The van der Waals surface area contributed by atoms with E-state index < -0.39 is 11.7 Å². The van der Waals surface area contributed by atoms with Gasteiger partial charge in [0.15, 0.2) is 5.13 Å². The van der Waals surface area contributed by atoms with Gasteiger partial charge in [-0.1, -0.05) is 6.07 Å². The predicted molar refractivity (Wildman–Crippen MR) is 65.5 cm³/mol. The normalized spacial score (nSPS) is 11.3. The van der Waals surface area contributed by atoms with Crippen molar-refractivity contribution in [3.8, 4) is 6.07 Å². The first kappa shape index (κ1) is 13.4. The summed E-state index contributed by atoms with van der Waals surface area (Å²) in [4.78, 5) is 4.61. The third-order valence-electron chi connectivity index (χ3n) is 2.46. The summed E-state index contributed by atoms with van der Waals surface area (Å²) in [6.07, 6.45) is -2.69. The van der Waals surface area contributed by atoms with Crippen LogP contribution in [0.15, 0.2) is 24.4 Å². The molecular weight excluding hydrogens is 275 g/mol. The summed E-state index contributed by atoms with van der Waals surface area (Å²) in [5.74, 6) is 0.